The predicted molar refractivity (Wildman–Crippen MR) is 148 cm³/mol. The number of rotatable bonds is 11. The van der Waals surface area contributed by atoms with E-state index in [0.717, 1.165) is 10.1 Å². The molecule has 1 heterocycles. The van der Waals surface area contributed by atoms with Crippen molar-refractivity contribution < 1.29 is 18.7 Å². The SMILES string of the molecule is COc1ccc(CCNC(=O)CCCn2c(=O)c3ccccc3n(Cc3ccc(F)cc3Cl)c2=O)cc1OC. The van der Waals surface area contributed by atoms with Gasteiger partial charge in [0.2, 0.25) is 5.91 Å². The van der Waals surface area contributed by atoms with Crippen molar-refractivity contribution in [2.45, 2.75) is 32.4 Å². The molecule has 0 saturated heterocycles. The second-order valence-corrected chi connectivity index (χ2v) is 9.38. The summed E-state index contributed by atoms with van der Waals surface area (Å²) in [5, 5.41) is 3.43. The van der Waals surface area contributed by atoms with E-state index < -0.39 is 17.1 Å². The highest BCUT2D eigenvalue weighted by Crippen LogP contribution is 2.27. The van der Waals surface area contributed by atoms with Gasteiger partial charge < -0.3 is 14.8 Å². The number of amides is 1. The maximum Gasteiger partial charge on any atom is 0.331 e. The van der Waals surface area contributed by atoms with E-state index in [2.05, 4.69) is 5.32 Å². The van der Waals surface area contributed by atoms with Crippen LogP contribution in [-0.4, -0.2) is 35.8 Å². The van der Waals surface area contributed by atoms with E-state index >= 15 is 0 Å². The largest absolute Gasteiger partial charge is 0.493 e. The van der Waals surface area contributed by atoms with Gasteiger partial charge in [-0.3, -0.25) is 18.7 Å². The number of halogens is 2. The Morgan fingerprint density at radius 3 is 2.49 bits per heavy atom. The summed E-state index contributed by atoms with van der Waals surface area (Å²) in [5.74, 6) is 0.596. The Balaban J connectivity index is 1.43. The van der Waals surface area contributed by atoms with Crippen LogP contribution in [0, 0.1) is 5.82 Å². The highest BCUT2D eigenvalue weighted by Gasteiger charge is 2.15. The summed E-state index contributed by atoms with van der Waals surface area (Å²) in [6, 6.07) is 16.3. The average Bonchev–Trinajstić information content (AvgIpc) is 2.93. The van der Waals surface area contributed by atoms with E-state index in [4.69, 9.17) is 21.1 Å². The number of ether oxygens (including phenoxy) is 2. The van der Waals surface area contributed by atoms with Crippen LogP contribution in [0.3, 0.4) is 0 Å². The number of nitrogens with zero attached hydrogens (tertiary/aromatic N) is 2. The molecule has 4 aromatic rings. The number of methoxy groups -OCH3 is 2. The molecule has 3 aromatic carbocycles. The summed E-state index contributed by atoms with van der Waals surface area (Å²) in [4.78, 5) is 38.9. The van der Waals surface area contributed by atoms with Crippen LogP contribution in [-0.2, 0) is 24.3 Å². The van der Waals surface area contributed by atoms with Crippen molar-refractivity contribution >= 4 is 28.4 Å². The van der Waals surface area contributed by atoms with Gasteiger partial charge in [0.1, 0.15) is 5.82 Å². The molecular weight excluding hydrogens is 525 g/mol. The summed E-state index contributed by atoms with van der Waals surface area (Å²) in [7, 11) is 3.14. The van der Waals surface area contributed by atoms with E-state index in [9.17, 15) is 18.8 Å². The number of fused-ring (bicyclic) bond motifs is 1. The van der Waals surface area contributed by atoms with Crippen LogP contribution in [0.25, 0.3) is 10.9 Å². The lowest BCUT2D eigenvalue weighted by molar-refractivity contribution is -0.121. The van der Waals surface area contributed by atoms with Gasteiger partial charge in [-0.15, -0.1) is 0 Å². The van der Waals surface area contributed by atoms with Crippen molar-refractivity contribution in [3.63, 3.8) is 0 Å². The highest BCUT2D eigenvalue weighted by atomic mass is 35.5. The molecule has 4 rings (SSSR count). The fraction of sp³-hybridized carbons (Fsp3) is 0.276. The maximum absolute atomic E-state index is 13.5. The first-order valence-electron chi connectivity index (χ1n) is 12.5. The van der Waals surface area contributed by atoms with E-state index in [1.54, 1.807) is 38.5 Å². The molecule has 1 aromatic heterocycles. The Labute approximate surface area is 229 Å². The zero-order valence-corrected chi connectivity index (χ0v) is 22.5. The van der Waals surface area contributed by atoms with Crippen molar-refractivity contribution in [1.82, 2.24) is 14.5 Å². The Bertz CT molecular complexity index is 1620. The fourth-order valence-electron chi connectivity index (χ4n) is 4.41. The third-order valence-electron chi connectivity index (χ3n) is 6.45. The standard InChI is InChI=1S/C29H29ClFN3O5/c1-38-25-12-9-19(16-26(25)39-2)13-14-32-27(35)8-5-15-33-28(36)22-6-3-4-7-24(22)34(29(33)37)18-20-10-11-21(31)17-23(20)30/h3-4,6-7,9-12,16-17H,5,8,13-15,18H2,1-2H3,(H,32,35). The highest BCUT2D eigenvalue weighted by molar-refractivity contribution is 6.31. The smallest absolute Gasteiger partial charge is 0.331 e. The number of hydrogen-bond donors (Lipinski definition) is 1. The van der Waals surface area contributed by atoms with Gasteiger partial charge in [0.25, 0.3) is 5.56 Å². The van der Waals surface area contributed by atoms with E-state index in [1.165, 1.54) is 22.8 Å². The summed E-state index contributed by atoms with van der Waals surface area (Å²) < 4.78 is 26.6. The second-order valence-electron chi connectivity index (χ2n) is 8.97. The van der Waals surface area contributed by atoms with Crippen molar-refractivity contribution in [2.75, 3.05) is 20.8 Å². The normalized spacial score (nSPS) is 11.0. The van der Waals surface area contributed by atoms with Crippen molar-refractivity contribution in [1.29, 1.82) is 0 Å². The van der Waals surface area contributed by atoms with Crippen LogP contribution in [0.5, 0.6) is 11.5 Å². The molecule has 0 aliphatic heterocycles. The Morgan fingerprint density at radius 1 is 0.974 bits per heavy atom. The molecule has 0 saturated carbocycles. The molecule has 0 spiro atoms. The third kappa shape index (κ3) is 6.49. The zero-order valence-electron chi connectivity index (χ0n) is 21.7. The Kier molecular flexibility index (Phi) is 9.03. The molecule has 1 amide bonds. The van der Waals surface area contributed by atoms with Crippen LogP contribution in [0.4, 0.5) is 4.39 Å². The van der Waals surface area contributed by atoms with E-state index in [0.29, 0.717) is 47.4 Å². The Morgan fingerprint density at radius 2 is 1.74 bits per heavy atom. The first-order valence-corrected chi connectivity index (χ1v) is 12.8. The van der Waals surface area contributed by atoms with Gasteiger partial charge in [-0.25, -0.2) is 9.18 Å². The van der Waals surface area contributed by atoms with Crippen molar-refractivity contribution in [2.24, 2.45) is 0 Å². The van der Waals surface area contributed by atoms with E-state index in [-0.39, 0.29) is 30.4 Å². The lowest BCUT2D eigenvalue weighted by atomic mass is 10.1. The number of benzene rings is 3. The zero-order chi connectivity index (χ0) is 27.9. The second kappa shape index (κ2) is 12.6. The van der Waals surface area contributed by atoms with Gasteiger partial charge in [0.15, 0.2) is 11.5 Å². The monoisotopic (exact) mass is 553 g/mol. The van der Waals surface area contributed by atoms with Gasteiger partial charge in [-0.1, -0.05) is 35.9 Å². The first-order chi connectivity index (χ1) is 18.8. The summed E-state index contributed by atoms with van der Waals surface area (Å²) >= 11 is 6.20. The Hall–Kier alpha value is -4.11. The van der Waals surface area contributed by atoms with Crippen LogP contribution in [0.15, 0.2) is 70.3 Å². The molecule has 1 N–H and O–H groups in total. The first kappa shape index (κ1) is 27.9. The minimum Gasteiger partial charge on any atom is -0.493 e. The molecule has 10 heteroatoms. The van der Waals surface area contributed by atoms with Crippen LogP contribution in [0.2, 0.25) is 5.02 Å². The molecule has 0 radical (unpaired) electrons. The summed E-state index contributed by atoms with van der Waals surface area (Å²) in [5.41, 5.74) is 1.04. The molecule has 204 valence electrons. The van der Waals surface area contributed by atoms with E-state index in [1.807, 2.05) is 18.2 Å². The summed E-state index contributed by atoms with van der Waals surface area (Å²) in [6.45, 7) is 0.563. The van der Waals surface area contributed by atoms with Crippen LogP contribution >= 0.6 is 11.6 Å². The number of para-hydroxylation sites is 1. The quantitative estimate of drug-likeness (QED) is 0.301. The predicted octanol–water partition coefficient (Wildman–Crippen LogP) is 4.16. The van der Waals surface area contributed by atoms with Gasteiger partial charge in [-0.05, 0) is 60.4 Å². The molecule has 0 fully saturated rings. The lowest BCUT2D eigenvalue weighted by Gasteiger charge is -2.15. The minimum absolute atomic E-state index is 0.0649. The topological polar surface area (TPSA) is 91.6 Å². The molecule has 39 heavy (non-hydrogen) atoms. The molecule has 0 bridgehead atoms. The van der Waals surface area contributed by atoms with Gasteiger partial charge >= 0.3 is 5.69 Å². The molecular formula is C29H29ClFN3O5. The number of carbonyl (C=O) groups is 1. The number of nitrogens with one attached hydrogen (secondary N) is 1. The maximum atomic E-state index is 13.5. The third-order valence-corrected chi connectivity index (χ3v) is 6.80. The van der Waals surface area contributed by atoms with Crippen LogP contribution in [0.1, 0.15) is 24.0 Å². The number of hydrogen-bond acceptors (Lipinski definition) is 5. The lowest BCUT2D eigenvalue weighted by Crippen LogP contribution is -2.40. The molecule has 0 aliphatic rings. The molecule has 0 unspecified atom stereocenters. The minimum atomic E-state index is -0.520. The van der Waals surface area contributed by atoms with Crippen molar-refractivity contribution in [3.05, 3.63) is 103 Å². The molecule has 0 aliphatic carbocycles. The average molecular weight is 554 g/mol. The molecule has 0 atom stereocenters. The number of aromatic nitrogens is 2. The van der Waals surface area contributed by atoms with Crippen LogP contribution < -0.4 is 26.0 Å². The van der Waals surface area contributed by atoms with Gasteiger partial charge in [0.05, 0.1) is 31.7 Å². The van der Waals surface area contributed by atoms with Gasteiger partial charge in [0, 0.05) is 24.5 Å². The van der Waals surface area contributed by atoms with Gasteiger partial charge in [-0.2, -0.15) is 0 Å². The number of carbonyl (C=O) groups excluding carboxylic acids is 1. The van der Waals surface area contributed by atoms with Crippen molar-refractivity contribution in [3.8, 4) is 11.5 Å². The fourth-order valence-corrected chi connectivity index (χ4v) is 4.64. The molecule has 8 nitrogen and oxygen atoms in total. The summed E-state index contributed by atoms with van der Waals surface area (Å²) in [6.07, 6.45) is 1.05.